The first-order valence-electron chi connectivity index (χ1n) is 21.8. The summed E-state index contributed by atoms with van der Waals surface area (Å²) in [5.74, 6) is -1.73. The summed E-state index contributed by atoms with van der Waals surface area (Å²) in [6, 6.07) is 40.2. The predicted octanol–water partition coefficient (Wildman–Crippen LogP) is 11.0. The van der Waals surface area contributed by atoms with Crippen molar-refractivity contribution >= 4 is 12.2 Å². The van der Waals surface area contributed by atoms with Crippen LogP contribution < -0.4 is 14.2 Å². The van der Waals surface area contributed by atoms with Crippen LogP contribution in [0, 0.1) is 0 Å². The van der Waals surface area contributed by atoms with Gasteiger partial charge in [-0.3, -0.25) is 0 Å². The Bertz CT molecular complexity index is 3250. The molecule has 8 aromatic carbocycles. The topological polar surface area (TPSA) is 210 Å². The second-order valence-electron chi connectivity index (χ2n) is 17.4. The normalized spacial score (nSPS) is 20.0. The summed E-state index contributed by atoms with van der Waals surface area (Å²) in [5, 5.41) is 97.7. The van der Waals surface area contributed by atoms with Crippen LogP contribution in [0.5, 0.6) is 69.0 Å². The molecule has 0 amide bonds. The number of ether oxygens (including phenoxy) is 3. The van der Waals surface area contributed by atoms with Gasteiger partial charge in [0, 0.05) is 41.0 Å². The van der Waals surface area contributed by atoms with E-state index in [1.54, 1.807) is 115 Å². The number of phenols is 9. The predicted molar refractivity (Wildman–Crippen MR) is 251 cm³/mol. The summed E-state index contributed by atoms with van der Waals surface area (Å²) >= 11 is 0. The molecule has 338 valence electrons. The molecule has 9 N–H and O–H groups in total. The second-order valence-corrected chi connectivity index (χ2v) is 17.4. The van der Waals surface area contributed by atoms with Gasteiger partial charge in [0.1, 0.15) is 87.3 Å². The van der Waals surface area contributed by atoms with Gasteiger partial charge < -0.3 is 60.2 Å². The Labute approximate surface area is 389 Å². The van der Waals surface area contributed by atoms with Crippen LogP contribution in [0.2, 0.25) is 0 Å². The van der Waals surface area contributed by atoms with Crippen molar-refractivity contribution in [3.8, 4) is 69.0 Å². The average Bonchev–Trinajstić information content (AvgIpc) is 4.01. The van der Waals surface area contributed by atoms with Crippen molar-refractivity contribution in [2.45, 2.75) is 36.1 Å². The van der Waals surface area contributed by atoms with E-state index in [4.69, 9.17) is 14.2 Å². The molecule has 0 radical (unpaired) electrons. The first kappa shape index (κ1) is 41.8. The van der Waals surface area contributed by atoms with Crippen molar-refractivity contribution in [2.24, 2.45) is 0 Å². The quantitative estimate of drug-likeness (QED) is 0.0652. The molecule has 6 atom stereocenters. The highest BCUT2D eigenvalue weighted by Crippen LogP contribution is 2.63. The number of fused-ring (bicyclic) bond motifs is 3. The number of benzene rings is 8. The van der Waals surface area contributed by atoms with Crippen LogP contribution in [0.3, 0.4) is 0 Å². The highest BCUT2D eigenvalue weighted by molar-refractivity contribution is 5.76. The molecular weight excluding hydrogens is 865 g/mol. The SMILES string of the molecule is Oc1ccc(C=Cc2cc(O)cc3c2C(c2cc(O)cc4c2C(c2cc(O)cc5c2C(c2cc(O)cc(O)c2)C(c2ccc(O)cc2)O5)C(c2ccc(O)cc2)O4)C(c2ccc(O)cc2)O3)cc1. The number of aromatic hydroxyl groups is 9. The van der Waals surface area contributed by atoms with Gasteiger partial charge in [-0.15, -0.1) is 0 Å². The van der Waals surface area contributed by atoms with Crippen LogP contribution in [-0.2, 0) is 0 Å². The fourth-order valence-corrected chi connectivity index (χ4v) is 10.2. The maximum absolute atomic E-state index is 11.8. The summed E-state index contributed by atoms with van der Waals surface area (Å²) in [6.45, 7) is 0. The minimum absolute atomic E-state index is 0.0267. The molecule has 11 rings (SSSR count). The Morgan fingerprint density at radius 3 is 1.10 bits per heavy atom. The van der Waals surface area contributed by atoms with E-state index < -0.39 is 36.1 Å². The molecule has 0 spiro atoms. The standard InChI is InChI=1S/C56H42O12/c57-34-11-2-28(3-12-34)1-4-32-19-40(63)25-45-48(32)52(55(66-45)30-7-15-36(59)16-8-30)44-24-42(65)27-47-51(44)53(56(68-47)31-9-17-37(60)18-10-31)43-23-41(64)26-46-50(43)49(33-20-38(61)22-39(62)21-33)54(67-46)29-5-13-35(58)14-6-29/h1-27,49,52-65H. The largest absolute Gasteiger partial charge is 0.508 e. The van der Waals surface area contributed by atoms with Crippen LogP contribution in [0.25, 0.3) is 12.2 Å². The lowest BCUT2D eigenvalue weighted by Crippen LogP contribution is -2.18. The fourth-order valence-electron chi connectivity index (χ4n) is 10.2. The van der Waals surface area contributed by atoms with Gasteiger partial charge in [0.15, 0.2) is 0 Å². The first-order valence-corrected chi connectivity index (χ1v) is 21.8. The third-order valence-electron chi connectivity index (χ3n) is 13.0. The van der Waals surface area contributed by atoms with Crippen LogP contribution >= 0.6 is 0 Å². The average molecular weight is 907 g/mol. The molecule has 3 aliphatic rings. The maximum Gasteiger partial charge on any atom is 0.135 e. The van der Waals surface area contributed by atoms with Crippen LogP contribution in [0.1, 0.15) is 97.3 Å². The Balaban J connectivity index is 1.18. The van der Waals surface area contributed by atoms with Crippen LogP contribution in [-0.4, -0.2) is 46.0 Å². The Morgan fingerprint density at radius 2 is 0.647 bits per heavy atom. The molecule has 0 saturated heterocycles. The highest BCUT2D eigenvalue weighted by atomic mass is 16.5. The molecule has 12 heteroatoms. The van der Waals surface area contributed by atoms with Crippen molar-refractivity contribution in [3.63, 3.8) is 0 Å². The third-order valence-corrected chi connectivity index (χ3v) is 13.0. The smallest absolute Gasteiger partial charge is 0.135 e. The molecule has 0 aliphatic carbocycles. The van der Waals surface area contributed by atoms with E-state index in [1.807, 2.05) is 12.2 Å². The van der Waals surface area contributed by atoms with Crippen molar-refractivity contribution in [1.82, 2.24) is 0 Å². The van der Waals surface area contributed by atoms with Gasteiger partial charge in [0.25, 0.3) is 0 Å². The van der Waals surface area contributed by atoms with Crippen molar-refractivity contribution in [2.75, 3.05) is 0 Å². The van der Waals surface area contributed by atoms with E-state index in [0.717, 1.165) is 5.56 Å². The summed E-state index contributed by atoms with van der Waals surface area (Å²) in [4.78, 5) is 0. The van der Waals surface area contributed by atoms with E-state index in [2.05, 4.69) is 0 Å². The molecule has 0 saturated carbocycles. The third kappa shape index (κ3) is 7.37. The highest BCUT2D eigenvalue weighted by Gasteiger charge is 2.49. The van der Waals surface area contributed by atoms with Crippen LogP contribution in [0.4, 0.5) is 0 Å². The number of hydrogen-bond donors (Lipinski definition) is 9. The number of phenolic OH excluding ortho intramolecular Hbond substituents is 9. The zero-order chi connectivity index (χ0) is 47.0. The van der Waals surface area contributed by atoms with E-state index in [0.29, 0.717) is 72.9 Å². The molecule has 68 heavy (non-hydrogen) atoms. The minimum Gasteiger partial charge on any atom is -0.508 e. The van der Waals surface area contributed by atoms with Gasteiger partial charge in [-0.05, 0) is 123 Å². The Hall–Kier alpha value is -8.90. The monoisotopic (exact) mass is 906 g/mol. The van der Waals surface area contributed by atoms with Crippen LogP contribution in [0.15, 0.2) is 152 Å². The maximum atomic E-state index is 11.8. The number of rotatable bonds is 8. The number of hydrogen-bond acceptors (Lipinski definition) is 12. The molecule has 3 aliphatic heterocycles. The molecule has 0 fully saturated rings. The molecule has 0 bridgehead atoms. The van der Waals surface area contributed by atoms with Crippen molar-refractivity contribution < 1.29 is 60.2 Å². The van der Waals surface area contributed by atoms with Gasteiger partial charge in [0.05, 0.1) is 17.8 Å². The molecular formula is C56H42O12. The molecule has 0 aromatic heterocycles. The fraction of sp³-hybridized carbons (Fsp3) is 0.107. The lowest BCUT2D eigenvalue weighted by atomic mass is 9.73. The van der Waals surface area contributed by atoms with Crippen molar-refractivity contribution in [3.05, 3.63) is 213 Å². The molecule has 8 aromatic rings. The first-order chi connectivity index (χ1) is 32.8. The summed E-state index contributed by atoms with van der Waals surface area (Å²) in [6.07, 6.45) is 1.25. The zero-order valence-electron chi connectivity index (χ0n) is 35.8. The zero-order valence-corrected chi connectivity index (χ0v) is 35.8. The van der Waals surface area contributed by atoms with E-state index in [9.17, 15) is 46.0 Å². The molecule has 6 unspecified atom stereocenters. The van der Waals surface area contributed by atoms with Gasteiger partial charge in [-0.2, -0.15) is 0 Å². The second kappa shape index (κ2) is 16.2. The van der Waals surface area contributed by atoms with Gasteiger partial charge in [-0.25, -0.2) is 0 Å². The molecule has 12 nitrogen and oxygen atoms in total. The van der Waals surface area contributed by atoms with Crippen molar-refractivity contribution in [1.29, 1.82) is 0 Å². The molecule has 3 heterocycles. The van der Waals surface area contributed by atoms with Gasteiger partial charge in [0.2, 0.25) is 0 Å². The Kier molecular flexibility index (Phi) is 9.96. The van der Waals surface area contributed by atoms with Gasteiger partial charge >= 0.3 is 0 Å². The van der Waals surface area contributed by atoms with Gasteiger partial charge in [-0.1, -0.05) is 60.7 Å². The summed E-state index contributed by atoms with van der Waals surface area (Å²) < 4.78 is 20.6. The van der Waals surface area contributed by atoms with E-state index in [-0.39, 0.29) is 51.7 Å². The Morgan fingerprint density at radius 1 is 0.294 bits per heavy atom. The lowest BCUT2D eigenvalue weighted by Gasteiger charge is -2.28. The lowest BCUT2D eigenvalue weighted by molar-refractivity contribution is 0.219. The van der Waals surface area contributed by atoms with E-state index >= 15 is 0 Å². The summed E-state index contributed by atoms with van der Waals surface area (Å²) in [5.41, 5.74) is 6.86. The minimum atomic E-state index is -0.856. The summed E-state index contributed by atoms with van der Waals surface area (Å²) in [7, 11) is 0. The van der Waals surface area contributed by atoms with E-state index in [1.165, 1.54) is 36.4 Å².